The zero-order valence-electron chi connectivity index (χ0n) is 10.1. The third-order valence-electron chi connectivity index (χ3n) is 2.91. The van der Waals surface area contributed by atoms with Crippen LogP contribution in [0, 0.1) is 0 Å². The Bertz CT molecular complexity index is 492. The average Bonchev–Trinajstić information content (AvgIpc) is 2.83. The fourth-order valence-corrected chi connectivity index (χ4v) is 2.05. The van der Waals surface area contributed by atoms with E-state index in [9.17, 15) is 9.59 Å². The minimum Gasteiger partial charge on any atom is -0.493 e. The smallest absolute Gasteiger partial charge is 0.303 e. The van der Waals surface area contributed by atoms with Crippen molar-refractivity contribution in [2.75, 3.05) is 13.7 Å². The SMILES string of the molecule is COc1ccc(C(=O)CCC(=O)O)c2c1OCC2. The number of Topliss-reactive ketones (excluding diaryl/α,β-unsaturated/α-hetero) is 1. The van der Waals surface area contributed by atoms with Crippen molar-refractivity contribution >= 4 is 11.8 Å². The molecule has 0 saturated heterocycles. The average molecular weight is 250 g/mol. The third-order valence-corrected chi connectivity index (χ3v) is 2.91. The maximum Gasteiger partial charge on any atom is 0.303 e. The van der Waals surface area contributed by atoms with Gasteiger partial charge in [0.05, 0.1) is 20.1 Å². The molecule has 0 fully saturated rings. The maximum atomic E-state index is 11.9. The van der Waals surface area contributed by atoms with Crippen molar-refractivity contribution < 1.29 is 24.2 Å². The van der Waals surface area contributed by atoms with Crippen molar-refractivity contribution in [1.82, 2.24) is 0 Å². The van der Waals surface area contributed by atoms with Gasteiger partial charge in [-0.15, -0.1) is 0 Å². The van der Waals surface area contributed by atoms with E-state index in [-0.39, 0.29) is 18.6 Å². The molecular formula is C13H14O5. The zero-order chi connectivity index (χ0) is 13.1. The number of benzene rings is 1. The summed E-state index contributed by atoms with van der Waals surface area (Å²) in [7, 11) is 1.54. The standard InChI is InChI=1S/C13H14O5/c1-17-11-4-2-8(9-6-7-18-13(9)11)10(14)3-5-12(15)16/h2,4H,3,5-7H2,1H3,(H,15,16). The van der Waals surface area contributed by atoms with Gasteiger partial charge in [-0.05, 0) is 12.1 Å². The largest absolute Gasteiger partial charge is 0.493 e. The van der Waals surface area contributed by atoms with Gasteiger partial charge < -0.3 is 14.6 Å². The number of rotatable bonds is 5. The Kier molecular flexibility index (Phi) is 3.50. The Morgan fingerprint density at radius 2 is 2.17 bits per heavy atom. The predicted octanol–water partition coefficient (Wildman–Crippen LogP) is 1.68. The van der Waals surface area contributed by atoms with Crippen LogP contribution < -0.4 is 9.47 Å². The molecule has 1 N–H and O–H groups in total. The van der Waals surface area contributed by atoms with Gasteiger partial charge in [0, 0.05) is 24.0 Å². The molecule has 1 aromatic rings. The third kappa shape index (κ3) is 2.30. The molecule has 1 heterocycles. The van der Waals surface area contributed by atoms with Crippen LogP contribution in [0.2, 0.25) is 0 Å². The van der Waals surface area contributed by atoms with E-state index in [4.69, 9.17) is 14.6 Å². The molecule has 5 heteroatoms. The number of carbonyl (C=O) groups is 2. The van der Waals surface area contributed by atoms with Gasteiger partial charge in [0.1, 0.15) is 0 Å². The van der Waals surface area contributed by atoms with Crippen LogP contribution in [0.15, 0.2) is 12.1 Å². The molecule has 0 saturated carbocycles. The highest BCUT2D eigenvalue weighted by atomic mass is 16.5. The quantitative estimate of drug-likeness (QED) is 0.805. The van der Waals surface area contributed by atoms with E-state index in [0.717, 1.165) is 5.56 Å². The van der Waals surface area contributed by atoms with E-state index < -0.39 is 5.97 Å². The highest BCUT2D eigenvalue weighted by Gasteiger charge is 2.24. The number of fused-ring (bicyclic) bond motifs is 1. The number of methoxy groups -OCH3 is 1. The Balaban J connectivity index is 2.27. The molecule has 1 aliphatic rings. The first-order chi connectivity index (χ1) is 8.63. The van der Waals surface area contributed by atoms with E-state index in [1.807, 2.05) is 0 Å². The lowest BCUT2D eigenvalue weighted by atomic mass is 9.98. The molecule has 0 aromatic heterocycles. The normalized spacial score (nSPS) is 12.7. The van der Waals surface area contributed by atoms with Crippen LogP contribution in [0.1, 0.15) is 28.8 Å². The first-order valence-corrected chi connectivity index (χ1v) is 5.71. The van der Waals surface area contributed by atoms with E-state index in [2.05, 4.69) is 0 Å². The summed E-state index contributed by atoms with van der Waals surface area (Å²) in [6.45, 7) is 0.523. The summed E-state index contributed by atoms with van der Waals surface area (Å²) in [5.74, 6) is 0.0857. The van der Waals surface area contributed by atoms with Gasteiger partial charge in [-0.1, -0.05) is 0 Å². The fourth-order valence-electron chi connectivity index (χ4n) is 2.05. The van der Waals surface area contributed by atoms with Crippen LogP contribution in [0.4, 0.5) is 0 Å². The van der Waals surface area contributed by atoms with E-state index in [0.29, 0.717) is 30.1 Å². The molecule has 0 aliphatic carbocycles. The van der Waals surface area contributed by atoms with Crippen molar-refractivity contribution in [2.24, 2.45) is 0 Å². The van der Waals surface area contributed by atoms with Gasteiger partial charge in [0.2, 0.25) is 0 Å². The second kappa shape index (κ2) is 5.08. The minimum absolute atomic E-state index is 0.00804. The second-order valence-corrected chi connectivity index (χ2v) is 4.04. The molecule has 0 unspecified atom stereocenters. The van der Waals surface area contributed by atoms with Crippen molar-refractivity contribution in [2.45, 2.75) is 19.3 Å². The highest BCUT2D eigenvalue weighted by molar-refractivity contribution is 5.99. The van der Waals surface area contributed by atoms with Crippen molar-refractivity contribution in [3.05, 3.63) is 23.3 Å². The Morgan fingerprint density at radius 3 is 2.83 bits per heavy atom. The summed E-state index contributed by atoms with van der Waals surface area (Å²) >= 11 is 0. The van der Waals surface area contributed by atoms with Gasteiger partial charge in [0.15, 0.2) is 17.3 Å². The van der Waals surface area contributed by atoms with Crippen LogP contribution >= 0.6 is 0 Å². The van der Waals surface area contributed by atoms with E-state index >= 15 is 0 Å². The Morgan fingerprint density at radius 1 is 1.39 bits per heavy atom. The summed E-state index contributed by atoms with van der Waals surface area (Å²) in [5.41, 5.74) is 1.37. The van der Waals surface area contributed by atoms with Crippen molar-refractivity contribution in [3.8, 4) is 11.5 Å². The number of hydrogen-bond acceptors (Lipinski definition) is 4. The van der Waals surface area contributed by atoms with Crippen LogP contribution in [-0.4, -0.2) is 30.6 Å². The highest BCUT2D eigenvalue weighted by Crippen LogP contribution is 2.38. The molecule has 2 rings (SSSR count). The number of ketones is 1. The molecule has 18 heavy (non-hydrogen) atoms. The molecule has 5 nitrogen and oxygen atoms in total. The van der Waals surface area contributed by atoms with E-state index in [1.165, 1.54) is 0 Å². The number of carboxylic acid groups (broad SMARTS) is 1. The summed E-state index contributed by atoms with van der Waals surface area (Å²) in [4.78, 5) is 22.4. The van der Waals surface area contributed by atoms with Crippen molar-refractivity contribution in [1.29, 1.82) is 0 Å². The summed E-state index contributed by atoms with van der Waals surface area (Å²) < 4.78 is 10.6. The van der Waals surface area contributed by atoms with Gasteiger partial charge in [0.25, 0.3) is 0 Å². The lowest BCUT2D eigenvalue weighted by molar-refractivity contribution is -0.136. The molecule has 1 aromatic carbocycles. The number of ether oxygens (including phenoxy) is 2. The van der Waals surface area contributed by atoms with Crippen LogP contribution in [0.5, 0.6) is 11.5 Å². The van der Waals surface area contributed by atoms with Crippen LogP contribution in [-0.2, 0) is 11.2 Å². The molecule has 0 bridgehead atoms. The monoisotopic (exact) mass is 250 g/mol. The lowest BCUT2D eigenvalue weighted by Crippen LogP contribution is -2.06. The van der Waals surface area contributed by atoms with Crippen LogP contribution in [0.3, 0.4) is 0 Å². The maximum absolute atomic E-state index is 11.9. The summed E-state index contributed by atoms with van der Waals surface area (Å²) in [6.07, 6.45) is 0.509. The van der Waals surface area contributed by atoms with E-state index in [1.54, 1.807) is 19.2 Å². The Hall–Kier alpha value is -2.04. The summed E-state index contributed by atoms with van der Waals surface area (Å²) in [5, 5.41) is 8.59. The minimum atomic E-state index is -0.968. The molecule has 0 amide bonds. The fraction of sp³-hybridized carbons (Fsp3) is 0.385. The van der Waals surface area contributed by atoms with Gasteiger partial charge >= 0.3 is 5.97 Å². The molecule has 0 spiro atoms. The topological polar surface area (TPSA) is 72.8 Å². The van der Waals surface area contributed by atoms with Gasteiger partial charge in [-0.25, -0.2) is 0 Å². The molecule has 0 radical (unpaired) electrons. The number of hydrogen-bond donors (Lipinski definition) is 1. The molecule has 96 valence electrons. The predicted molar refractivity (Wildman–Crippen MR) is 63.4 cm³/mol. The number of aliphatic carboxylic acids is 1. The zero-order valence-corrected chi connectivity index (χ0v) is 10.1. The van der Waals surface area contributed by atoms with Crippen molar-refractivity contribution in [3.63, 3.8) is 0 Å². The lowest BCUT2D eigenvalue weighted by Gasteiger charge is -2.09. The second-order valence-electron chi connectivity index (χ2n) is 4.04. The van der Waals surface area contributed by atoms with Gasteiger partial charge in [-0.2, -0.15) is 0 Å². The molecule has 0 atom stereocenters. The number of carbonyl (C=O) groups excluding carboxylic acids is 1. The van der Waals surface area contributed by atoms with Crippen LogP contribution in [0.25, 0.3) is 0 Å². The van der Waals surface area contributed by atoms with Gasteiger partial charge in [-0.3, -0.25) is 9.59 Å². The first-order valence-electron chi connectivity index (χ1n) is 5.71. The Labute approximate surface area is 104 Å². The molecule has 1 aliphatic heterocycles. The number of carboxylic acids is 1. The summed E-state index contributed by atoms with van der Waals surface area (Å²) in [6, 6.07) is 3.36. The molecular weight excluding hydrogens is 236 g/mol. The first kappa shape index (κ1) is 12.4.